The van der Waals surface area contributed by atoms with Crippen LogP contribution in [0.2, 0.25) is 0 Å². The SMILES string of the molecule is O=C(CCCc1c[nH]c2ccccc12)N1CCC(c2ccc(Br)cc2)CC1. The zero-order valence-corrected chi connectivity index (χ0v) is 17.0. The number of rotatable bonds is 5. The highest BCUT2D eigenvalue weighted by molar-refractivity contribution is 9.10. The van der Waals surface area contributed by atoms with E-state index >= 15 is 0 Å². The molecule has 0 atom stereocenters. The topological polar surface area (TPSA) is 36.1 Å². The van der Waals surface area contributed by atoms with Gasteiger partial charge >= 0.3 is 0 Å². The first kappa shape index (κ1) is 18.3. The number of carbonyl (C=O) groups is 1. The predicted octanol–water partition coefficient (Wildman–Crippen LogP) is 5.66. The fraction of sp³-hybridized carbons (Fsp3) is 0.348. The van der Waals surface area contributed by atoms with E-state index in [0.29, 0.717) is 18.2 Å². The second-order valence-electron chi connectivity index (χ2n) is 7.42. The summed E-state index contributed by atoms with van der Waals surface area (Å²) in [6.45, 7) is 1.76. The van der Waals surface area contributed by atoms with E-state index in [9.17, 15) is 4.79 Å². The minimum Gasteiger partial charge on any atom is -0.361 e. The van der Waals surface area contributed by atoms with Crippen LogP contribution in [0.25, 0.3) is 10.9 Å². The molecule has 1 aromatic heterocycles. The molecule has 1 aliphatic heterocycles. The highest BCUT2D eigenvalue weighted by Gasteiger charge is 2.23. The first-order valence-corrected chi connectivity index (χ1v) is 10.6. The van der Waals surface area contributed by atoms with Crippen LogP contribution in [0, 0.1) is 0 Å². The van der Waals surface area contributed by atoms with Crippen molar-refractivity contribution in [2.24, 2.45) is 0 Å². The van der Waals surface area contributed by atoms with Crippen LogP contribution >= 0.6 is 15.9 Å². The molecule has 0 spiro atoms. The van der Waals surface area contributed by atoms with Crippen LogP contribution in [0.1, 0.15) is 42.7 Å². The molecule has 0 bridgehead atoms. The number of fused-ring (bicyclic) bond motifs is 1. The van der Waals surface area contributed by atoms with Crippen LogP contribution in [-0.2, 0) is 11.2 Å². The van der Waals surface area contributed by atoms with Gasteiger partial charge in [-0.2, -0.15) is 0 Å². The molecule has 140 valence electrons. The summed E-state index contributed by atoms with van der Waals surface area (Å²) in [5.41, 5.74) is 3.88. The van der Waals surface area contributed by atoms with Crippen LogP contribution in [0.15, 0.2) is 59.2 Å². The van der Waals surface area contributed by atoms with Gasteiger partial charge < -0.3 is 9.88 Å². The molecule has 1 N–H and O–H groups in total. The van der Waals surface area contributed by atoms with Gasteiger partial charge in [-0.1, -0.05) is 46.3 Å². The quantitative estimate of drug-likeness (QED) is 0.563. The van der Waals surface area contributed by atoms with Crippen molar-refractivity contribution in [3.63, 3.8) is 0 Å². The summed E-state index contributed by atoms with van der Waals surface area (Å²) in [5, 5.41) is 1.28. The molecule has 3 nitrogen and oxygen atoms in total. The predicted molar refractivity (Wildman–Crippen MR) is 114 cm³/mol. The number of para-hydroxylation sites is 1. The fourth-order valence-electron chi connectivity index (χ4n) is 4.12. The zero-order chi connectivity index (χ0) is 18.6. The minimum atomic E-state index is 0.309. The largest absolute Gasteiger partial charge is 0.361 e. The number of benzene rings is 2. The van der Waals surface area contributed by atoms with Crippen molar-refractivity contribution in [3.8, 4) is 0 Å². The molecule has 3 aromatic rings. The number of aromatic nitrogens is 1. The van der Waals surface area contributed by atoms with Crippen molar-refractivity contribution in [1.29, 1.82) is 0 Å². The molecular weight excluding hydrogens is 400 g/mol. The molecule has 1 saturated heterocycles. The molecular formula is C23H25BrN2O. The molecule has 4 rings (SSSR count). The highest BCUT2D eigenvalue weighted by atomic mass is 79.9. The van der Waals surface area contributed by atoms with Crippen molar-refractivity contribution >= 4 is 32.7 Å². The number of nitrogens with one attached hydrogen (secondary N) is 1. The second kappa shape index (κ2) is 8.30. The number of nitrogens with zero attached hydrogens (tertiary/aromatic N) is 1. The Morgan fingerprint density at radius 2 is 1.81 bits per heavy atom. The molecule has 4 heteroatoms. The van der Waals surface area contributed by atoms with Gasteiger partial charge in [0.1, 0.15) is 0 Å². The maximum absolute atomic E-state index is 12.6. The van der Waals surface area contributed by atoms with Gasteiger partial charge in [0, 0.05) is 41.1 Å². The first-order valence-electron chi connectivity index (χ1n) is 9.79. The molecule has 0 unspecified atom stereocenters. The average Bonchev–Trinajstić information content (AvgIpc) is 3.12. The standard InChI is InChI=1S/C23H25BrN2O/c24-20-10-8-17(9-11-20)18-12-14-26(15-13-18)23(27)7-3-4-19-16-25-22-6-2-1-5-21(19)22/h1-2,5-6,8-11,16,18,25H,3-4,7,12-15H2. The van der Waals surface area contributed by atoms with E-state index in [4.69, 9.17) is 0 Å². The number of halogens is 1. The van der Waals surface area contributed by atoms with Gasteiger partial charge in [-0.05, 0) is 60.9 Å². The van der Waals surface area contributed by atoms with Gasteiger partial charge in [-0.15, -0.1) is 0 Å². The molecule has 1 aliphatic rings. The zero-order valence-electron chi connectivity index (χ0n) is 15.5. The number of aromatic amines is 1. The van der Waals surface area contributed by atoms with Gasteiger partial charge in [-0.25, -0.2) is 0 Å². The van der Waals surface area contributed by atoms with Gasteiger partial charge in [0.05, 0.1) is 0 Å². The molecule has 0 saturated carbocycles. The number of hydrogen-bond acceptors (Lipinski definition) is 1. The Hall–Kier alpha value is -2.07. The van der Waals surface area contributed by atoms with E-state index in [-0.39, 0.29) is 0 Å². The minimum absolute atomic E-state index is 0.309. The summed E-state index contributed by atoms with van der Waals surface area (Å²) < 4.78 is 1.12. The Labute approximate surface area is 168 Å². The number of carbonyl (C=O) groups excluding carboxylic acids is 1. The van der Waals surface area contributed by atoms with E-state index in [1.165, 1.54) is 22.0 Å². The summed E-state index contributed by atoms with van der Waals surface area (Å²) in [7, 11) is 0. The molecule has 0 radical (unpaired) electrons. The van der Waals surface area contributed by atoms with Crippen LogP contribution in [-0.4, -0.2) is 28.9 Å². The summed E-state index contributed by atoms with van der Waals surface area (Å²) >= 11 is 3.49. The number of piperidine rings is 1. The van der Waals surface area contributed by atoms with Gasteiger partial charge in [0.2, 0.25) is 5.91 Å². The van der Waals surface area contributed by atoms with Crippen molar-refractivity contribution in [2.45, 2.75) is 38.0 Å². The average molecular weight is 425 g/mol. The third kappa shape index (κ3) is 4.27. The summed E-state index contributed by atoms with van der Waals surface area (Å²) in [5.74, 6) is 0.887. The van der Waals surface area contributed by atoms with Crippen LogP contribution in [0.5, 0.6) is 0 Å². The Morgan fingerprint density at radius 3 is 2.59 bits per heavy atom. The molecule has 27 heavy (non-hydrogen) atoms. The third-order valence-corrected chi connectivity index (χ3v) is 6.23. The van der Waals surface area contributed by atoms with Gasteiger partial charge in [-0.3, -0.25) is 4.79 Å². The van der Waals surface area contributed by atoms with Gasteiger partial charge in [0.15, 0.2) is 0 Å². The Bertz CT molecular complexity index is 908. The molecule has 1 amide bonds. The van der Waals surface area contributed by atoms with Crippen LogP contribution in [0.3, 0.4) is 0 Å². The molecule has 2 heterocycles. The number of aryl methyl sites for hydroxylation is 1. The Morgan fingerprint density at radius 1 is 1.07 bits per heavy atom. The van der Waals surface area contributed by atoms with Crippen molar-refractivity contribution in [3.05, 3.63) is 70.3 Å². The lowest BCUT2D eigenvalue weighted by Gasteiger charge is -2.32. The number of H-pyrrole nitrogens is 1. The summed E-state index contributed by atoms with van der Waals surface area (Å²) in [6, 6.07) is 17.0. The summed E-state index contributed by atoms with van der Waals surface area (Å²) in [6.07, 6.45) is 6.71. The Kier molecular flexibility index (Phi) is 5.63. The van der Waals surface area contributed by atoms with E-state index in [2.05, 4.69) is 74.5 Å². The van der Waals surface area contributed by atoms with E-state index < -0.39 is 0 Å². The van der Waals surface area contributed by atoms with Crippen molar-refractivity contribution < 1.29 is 4.79 Å². The number of hydrogen-bond donors (Lipinski definition) is 1. The summed E-state index contributed by atoms with van der Waals surface area (Å²) in [4.78, 5) is 18.0. The van der Waals surface area contributed by atoms with E-state index in [1.54, 1.807) is 0 Å². The molecule has 2 aromatic carbocycles. The van der Waals surface area contributed by atoms with Crippen molar-refractivity contribution in [2.75, 3.05) is 13.1 Å². The van der Waals surface area contributed by atoms with E-state index in [0.717, 1.165) is 43.2 Å². The second-order valence-corrected chi connectivity index (χ2v) is 8.34. The monoisotopic (exact) mass is 424 g/mol. The molecule has 0 aliphatic carbocycles. The fourth-order valence-corrected chi connectivity index (χ4v) is 4.39. The highest BCUT2D eigenvalue weighted by Crippen LogP contribution is 2.29. The van der Waals surface area contributed by atoms with Gasteiger partial charge in [0.25, 0.3) is 0 Å². The Balaban J connectivity index is 1.25. The first-order chi connectivity index (χ1) is 13.2. The maximum Gasteiger partial charge on any atom is 0.222 e. The number of amides is 1. The van der Waals surface area contributed by atoms with E-state index in [1.807, 2.05) is 6.07 Å². The molecule has 1 fully saturated rings. The smallest absolute Gasteiger partial charge is 0.222 e. The lowest BCUT2D eigenvalue weighted by molar-refractivity contribution is -0.132. The lowest BCUT2D eigenvalue weighted by atomic mass is 9.89. The van der Waals surface area contributed by atoms with Crippen LogP contribution < -0.4 is 0 Å². The van der Waals surface area contributed by atoms with Crippen LogP contribution in [0.4, 0.5) is 0 Å². The number of likely N-dealkylation sites (tertiary alicyclic amines) is 1. The van der Waals surface area contributed by atoms with Crippen molar-refractivity contribution in [1.82, 2.24) is 9.88 Å². The normalized spacial score (nSPS) is 15.4. The maximum atomic E-state index is 12.6. The lowest BCUT2D eigenvalue weighted by Crippen LogP contribution is -2.37. The third-order valence-electron chi connectivity index (χ3n) is 5.70.